The first-order chi connectivity index (χ1) is 12.2. The van der Waals surface area contributed by atoms with E-state index in [1.54, 1.807) is 11.8 Å². The number of carbonyl (C=O) groups excluding carboxylic acids is 1. The van der Waals surface area contributed by atoms with E-state index in [-0.39, 0.29) is 5.92 Å². The third-order valence-corrected chi connectivity index (χ3v) is 7.06. The molecule has 0 saturated heterocycles. The minimum absolute atomic E-state index is 0.294. The summed E-state index contributed by atoms with van der Waals surface area (Å²) in [6, 6.07) is 8.16. The molecule has 0 amide bonds. The van der Waals surface area contributed by atoms with Crippen LogP contribution >= 0.6 is 11.8 Å². The van der Waals surface area contributed by atoms with Crippen LogP contribution in [0.1, 0.15) is 51.0 Å². The molecule has 25 heavy (non-hydrogen) atoms. The van der Waals surface area contributed by atoms with Crippen molar-refractivity contribution in [3.63, 3.8) is 0 Å². The van der Waals surface area contributed by atoms with Gasteiger partial charge >= 0.3 is 0 Å². The molecule has 0 N–H and O–H groups in total. The lowest BCUT2D eigenvalue weighted by Crippen LogP contribution is -2.18. The molecule has 3 rings (SSSR count). The molecule has 3 nitrogen and oxygen atoms in total. The highest BCUT2D eigenvalue weighted by Crippen LogP contribution is 2.43. The molecule has 2 aliphatic rings. The molecular formula is C20H24O3S2. The first-order valence-electron chi connectivity index (χ1n) is 8.98. The Labute approximate surface area is 156 Å². The lowest BCUT2D eigenvalue weighted by molar-refractivity contribution is -0.110. The molecular weight excluding hydrogens is 352 g/mol. The molecule has 2 atom stereocenters. The topological polar surface area (TPSA) is 43.4 Å². The smallest absolute Gasteiger partial charge is 0.237 e. The van der Waals surface area contributed by atoms with Crippen molar-refractivity contribution in [2.24, 2.45) is 5.92 Å². The van der Waals surface area contributed by atoms with Gasteiger partial charge in [-0.25, -0.2) is 4.21 Å². The minimum Gasteiger partial charge on any atom is -0.401 e. The van der Waals surface area contributed by atoms with Gasteiger partial charge in [0.2, 0.25) is 11.1 Å². The Kier molecular flexibility index (Phi) is 6.54. The zero-order valence-corrected chi connectivity index (χ0v) is 16.2. The maximum atomic E-state index is 12.5. The largest absolute Gasteiger partial charge is 0.401 e. The highest BCUT2D eigenvalue weighted by atomic mass is 32.2. The van der Waals surface area contributed by atoms with Crippen molar-refractivity contribution in [3.05, 3.63) is 51.5 Å². The molecule has 1 aromatic rings. The van der Waals surface area contributed by atoms with Crippen LogP contribution in [0.15, 0.2) is 50.8 Å². The number of unbranched alkanes of at least 4 members (excludes halogenated alkanes) is 4. The third-order valence-electron chi connectivity index (χ3n) is 4.61. The number of thioether (sulfide) groups is 1. The third kappa shape index (κ3) is 4.45. The fraction of sp³-hybridized carbons (Fsp3) is 0.450. The first kappa shape index (κ1) is 18.5. The molecule has 0 spiro atoms. The summed E-state index contributed by atoms with van der Waals surface area (Å²) in [5, 5.41) is 0. The summed E-state index contributed by atoms with van der Waals surface area (Å²) in [6.07, 6.45) is 10.1. The quantitative estimate of drug-likeness (QED) is 0.456. The summed E-state index contributed by atoms with van der Waals surface area (Å²) < 4.78 is 18.2. The highest BCUT2D eigenvalue weighted by molar-refractivity contribution is 8.04. The van der Waals surface area contributed by atoms with Crippen LogP contribution in [0.2, 0.25) is 0 Å². The number of carbonyl (C=O) groups is 1. The van der Waals surface area contributed by atoms with Gasteiger partial charge < -0.3 is 8.98 Å². The summed E-state index contributed by atoms with van der Waals surface area (Å²) in [7, 11) is 0. The molecule has 5 heteroatoms. The van der Waals surface area contributed by atoms with Crippen LogP contribution in [0.3, 0.4) is 0 Å². The molecule has 0 aliphatic carbocycles. The van der Waals surface area contributed by atoms with E-state index < -0.39 is 11.1 Å². The second kappa shape index (κ2) is 8.86. The van der Waals surface area contributed by atoms with Gasteiger partial charge in [0.1, 0.15) is 12.0 Å². The van der Waals surface area contributed by atoms with Crippen molar-refractivity contribution in [2.75, 3.05) is 0 Å². The lowest BCUT2D eigenvalue weighted by Gasteiger charge is -2.26. The second-order valence-corrected chi connectivity index (χ2v) is 8.70. The molecule has 2 aliphatic heterocycles. The zero-order valence-electron chi connectivity index (χ0n) is 14.5. The van der Waals surface area contributed by atoms with E-state index >= 15 is 0 Å². The van der Waals surface area contributed by atoms with E-state index in [0.717, 1.165) is 35.4 Å². The number of benzene rings is 1. The van der Waals surface area contributed by atoms with Crippen molar-refractivity contribution < 1.29 is 13.2 Å². The van der Waals surface area contributed by atoms with Gasteiger partial charge in [-0.2, -0.15) is 0 Å². The van der Waals surface area contributed by atoms with Gasteiger partial charge in [0, 0.05) is 16.2 Å². The predicted octanol–water partition coefficient (Wildman–Crippen LogP) is 5.30. The second-order valence-electron chi connectivity index (χ2n) is 6.48. The summed E-state index contributed by atoms with van der Waals surface area (Å²) in [5.74, 6) is 0.270. The van der Waals surface area contributed by atoms with Crippen molar-refractivity contribution in [1.82, 2.24) is 0 Å². The van der Waals surface area contributed by atoms with Gasteiger partial charge in [0.15, 0.2) is 0 Å². The van der Waals surface area contributed by atoms with Crippen molar-refractivity contribution >= 4 is 29.1 Å². The summed E-state index contributed by atoms with van der Waals surface area (Å²) in [6.45, 7) is 2.19. The minimum atomic E-state index is -1.49. The molecule has 0 saturated carbocycles. The van der Waals surface area contributed by atoms with Crippen LogP contribution in [0.25, 0.3) is 0 Å². The molecule has 2 heterocycles. The van der Waals surface area contributed by atoms with E-state index in [0.29, 0.717) is 12.2 Å². The summed E-state index contributed by atoms with van der Waals surface area (Å²) in [5.41, 5.74) is 1.18. The fourth-order valence-electron chi connectivity index (χ4n) is 3.14. The Morgan fingerprint density at radius 3 is 2.84 bits per heavy atom. The Morgan fingerprint density at radius 1 is 1.24 bits per heavy atom. The van der Waals surface area contributed by atoms with Crippen molar-refractivity contribution in [1.29, 1.82) is 0 Å². The lowest BCUT2D eigenvalue weighted by atomic mass is 9.99. The molecule has 0 bridgehead atoms. The number of fused-ring (bicyclic) bond motifs is 1. The predicted molar refractivity (Wildman–Crippen MR) is 103 cm³/mol. The molecule has 1 aromatic carbocycles. The van der Waals surface area contributed by atoms with Gasteiger partial charge in [0.05, 0.1) is 10.8 Å². The maximum absolute atomic E-state index is 12.5. The monoisotopic (exact) mass is 376 g/mol. The summed E-state index contributed by atoms with van der Waals surface area (Å²) >= 11 is 0.131. The molecule has 0 aromatic heterocycles. The Balaban J connectivity index is 1.71. The maximum Gasteiger partial charge on any atom is 0.237 e. The SMILES string of the molecule is CCCCCCCC(C=O)C1=CC2=C(Cc3ccccc3S2)S(=O)O1. The fourth-order valence-corrected chi connectivity index (χ4v) is 5.43. The Morgan fingerprint density at radius 2 is 2.04 bits per heavy atom. The Bertz CT molecular complexity index is 721. The van der Waals surface area contributed by atoms with Crippen molar-refractivity contribution in [2.45, 2.75) is 56.8 Å². The Hall–Kier alpha value is -1.33. The van der Waals surface area contributed by atoms with E-state index in [2.05, 4.69) is 19.1 Å². The number of rotatable bonds is 8. The number of hydrogen-bond acceptors (Lipinski definition) is 4. The van der Waals surface area contributed by atoms with Gasteiger partial charge in [-0.1, -0.05) is 69.0 Å². The number of hydrogen-bond donors (Lipinski definition) is 0. The average molecular weight is 377 g/mol. The van der Waals surface area contributed by atoms with E-state index in [4.69, 9.17) is 4.18 Å². The average Bonchev–Trinajstić information content (AvgIpc) is 2.63. The molecule has 134 valence electrons. The van der Waals surface area contributed by atoms with E-state index in [9.17, 15) is 9.00 Å². The normalized spacial score (nSPS) is 20.2. The zero-order chi connectivity index (χ0) is 17.6. The number of aldehydes is 1. The van der Waals surface area contributed by atoms with Crippen LogP contribution in [0, 0.1) is 5.92 Å². The van der Waals surface area contributed by atoms with E-state index in [1.165, 1.54) is 29.7 Å². The molecule has 0 fully saturated rings. The van der Waals surface area contributed by atoms with E-state index in [1.807, 2.05) is 18.2 Å². The van der Waals surface area contributed by atoms with Crippen LogP contribution in [0.5, 0.6) is 0 Å². The molecule has 2 unspecified atom stereocenters. The van der Waals surface area contributed by atoms with Crippen LogP contribution < -0.4 is 0 Å². The first-order valence-corrected chi connectivity index (χ1v) is 10.9. The van der Waals surface area contributed by atoms with Crippen molar-refractivity contribution in [3.8, 4) is 0 Å². The van der Waals surface area contributed by atoms with Crippen LogP contribution in [-0.2, 0) is 26.5 Å². The van der Waals surface area contributed by atoms with Crippen LogP contribution in [-0.4, -0.2) is 10.5 Å². The van der Waals surface area contributed by atoms with Gasteiger partial charge in [-0.15, -0.1) is 0 Å². The van der Waals surface area contributed by atoms with Crippen LogP contribution in [0.4, 0.5) is 0 Å². The molecule has 0 radical (unpaired) electrons. The standard InChI is InChI=1S/C20H24O3S2/c1-2-3-4-5-6-10-16(14-21)17-13-19-20(25(22)23-17)12-15-9-7-8-11-18(15)24-19/h7-9,11,13-14,16H,2-6,10,12H2,1H3. The number of allylic oxidation sites excluding steroid dienone is 3. The van der Waals surface area contributed by atoms with Gasteiger partial charge in [-0.3, -0.25) is 0 Å². The highest BCUT2D eigenvalue weighted by Gasteiger charge is 2.30. The summed E-state index contributed by atoms with van der Waals surface area (Å²) in [4.78, 5) is 14.5. The van der Waals surface area contributed by atoms with Gasteiger partial charge in [-0.05, 0) is 24.1 Å². The van der Waals surface area contributed by atoms with Gasteiger partial charge in [0.25, 0.3) is 0 Å².